The van der Waals surface area contributed by atoms with Crippen molar-refractivity contribution >= 4 is 16.8 Å². The molecular weight excluding hydrogens is 224 g/mol. The predicted molar refractivity (Wildman–Crippen MR) is 64.9 cm³/mol. The molecule has 0 aromatic heterocycles. The van der Waals surface area contributed by atoms with Crippen molar-refractivity contribution in [1.29, 1.82) is 0 Å². The lowest BCUT2D eigenvalue weighted by Crippen LogP contribution is -2.50. The minimum Gasteiger partial charge on any atom is -0.335 e. The second-order valence-corrected chi connectivity index (χ2v) is 6.32. The number of carbonyl (C=O) groups excluding carboxylic acids is 1. The van der Waals surface area contributed by atoms with E-state index in [4.69, 9.17) is 0 Å². The smallest absolute Gasteiger partial charge is 0.317 e. The molecule has 0 aromatic rings. The normalized spacial score (nSPS) is 24.4. The van der Waals surface area contributed by atoms with E-state index in [0.717, 1.165) is 12.8 Å². The largest absolute Gasteiger partial charge is 0.335 e. The van der Waals surface area contributed by atoms with Gasteiger partial charge in [-0.1, -0.05) is 19.3 Å². The Balaban J connectivity index is 1.76. The molecule has 1 N–H and O–H groups in total. The fourth-order valence-electron chi connectivity index (χ4n) is 2.35. The van der Waals surface area contributed by atoms with Crippen LogP contribution in [0.25, 0.3) is 0 Å². The molecule has 1 saturated heterocycles. The van der Waals surface area contributed by atoms with Gasteiger partial charge in [0.1, 0.15) is 0 Å². The second kappa shape index (κ2) is 5.66. The average Bonchev–Trinajstić information content (AvgIpc) is 2.31. The number of nitrogens with one attached hydrogen (secondary N) is 1. The quantitative estimate of drug-likeness (QED) is 0.750. The number of carbonyl (C=O) groups is 1. The molecule has 2 rings (SSSR count). The van der Waals surface area contributed by atoms with E-state index >= 15 is 0 Å². The Labute approximate surface area is 99.2 Å². The molecule has 1 saturated carbocycles. The highest BCUT2D eigenvalue weighted by molar-refractivity contribution is 7.85. The number of urea groups is 1. The Kier molecular flexibility index (Phi) is 4.21. The summed E-state index contributed by atoms with van der Waals surface area (Å²) in [6.45, 7) is 1.29. The van der Waals surface area contributed by atoms with Gasteiger partial charge in [0.15, 0.2) is 0 Å². The van der Waals surface area contributed by atoms with Gasteiger partial charge in [-0.3, -0.25) is 4.21 Å². The summed E-state index contributed by atoms with van der Waals surface area (Å²) < 4.78 is 11.2. The van der Waals surface area contributed by atoms with Gasteiger partial charge in [0.05, 0.1) is 0 Å². The lowest BCUT2D eigenvalue weighted by Gasteiger charge is -2.30. The first-order chi connectivity index (χ1) is 7.75. The van der Waals surface area contributed by atoms with Crippen LogP contribution in [0.4, 0.5) is 4.79 Å². The monoisotopic (exact) mass is 244 g/mol. The number of hydrogen-bond acceptors (Lipinski definition) is 2. The maximum Gasteiger partial charge on any atom is 0.317 e. The third-order valence-electron chi connectivity index (χ3n) is 3.40. The molecule has 5 heteroatoms. The first-order valence-corrected chi connectivity index (χ1v) is 7.65. The Hall–Kier alpha value is -0.580. The number of hydrogen-bond donors (Lipinski definition) is 1. The highest BCUT2D eigenvalue weighted by Gasteiger charge is 2.22. The van der Waals surface area contributed by atoms with Gasteiger partial charge in [-0.2, -0.15) is 0 Å². The molecule has 2 aliphatic rings. The molecule has 2 fully saturated rings. The standard InChI is InChI=1S/C11H20N2O2S/c14-11(12-10-4-2-1-3-5-10)13-6-8-16(15)9-7-13/h10H,1-9H2,(H,12,14). The first kappa shape index (κ1) is 11.9. The minimum atomic E-state index is -0.706. The van der Waals surface area contributed by atoms with E-state index in [1.54, 1.807) is 4.90 Å². The van der Waals surface area contributed by atoms with E-state index in [1.807, 2.05) is 0 Å². The summed E-state index contributed by atoms with van der Waals surface area (Å²) in [6, 6.07) is 0.414. The van der Waals surface area contributed by atoms with Crippen LogP contribution in [-0.4, -0.2) is 45.8 Å². The molecule has 0 bridgehead atoms. The molecule has 92 valence electrons. The van der Waals surface area contributed by atoms with Crippen LogP contribution >= 0.6 is 0 Å². The van der Waals surface area contributed by atoms with Crippen molar-refractivity contribution in [1.82, 2.24) is 10.2 Å². The fraction of sp³-hybridized carbons (Fsp3) is 0.909. The summed E-state index contributed by atoms with van der Waals surface area (Å²) in [5.74, 6) is 1.27. The van der Waals surface area contributed by atoms with Gasteiger partial charge < -0.3 is 10.2 Å². The van der Waals surface area contributed by atoms with Crippen molar-refractivity contribution in [2.75, 3.05) is 24.6 Å². The van der Waals surface area contributed by atoms with Crippen molar-refractivity contribution < 1.29 is 9.00 Å². The summed E-state index contributed by atoms with van der Waals surface area (Å²) in [5.41, 5.74) is 0. The molecule has 1 aliphatic carbocycles. The number of nitrogens with zero attached hydrogens (tertiary/aromatic N) is 1. The zero-order valence-corrected chi connectivity index (χ0v) is 10.4. The lowest BCUT2D eigenvalue weighted by molar-refractivity contribution is 0.194. The average molecular weight is 244 g/mol. The summed E-state index contributed by atoms with van der Waals surface area (Å²) in [4.78, 5) is 13.7. The second-order valence-electron chi connectivity index (χ2n) is 4.62. The van der Waals surface area contributed by atoms with E-state index in [9.17, 15) is 9.00 Å². The number of amides is 2. The summed E-state index contributed by atoms with van der Waals surface area (Å²) in [6.07, 6.45) is 6.00. The summed E-state index contributed by atoms with van der Waals surface area (Å²) in [7, 11) is -0.706. The third-order valence-corrected chi connectivity index (χ3v) is 4.67. The van der Waals surface area contributed by atoms with E-state index in [-0.39, 0.29) is 6.03 Å². The van der Waals surface area contributed by atoms with Gasteiger partial charge >= 0.3 is 6.03 Å². The van der Waals surface area contributed by atoms with Crippen LogP contribution in [0, 0.1) is 0 Å². The fourth-order valence-corrected chi connectivity index (χ4v) is 3.41. The molecule has 1 heterocycles. The molecule has 0 aromatic carbocycles. The molecule has 0 spiro atoms. The van der Waals surface area contributed by atoms with Crippen LogP contribution in [-0.2, 0) is 10.8 Å². The van der Waals surface area contributed by atoms with Crippen LogP contribution in [0.5, 0.6) is 0 Å². The molecule has 0 atom stereocenters. The Morgan fingerprint density at radius 1 is 1.12 bits per heavy atom. The zero-order valence-electron chi connectivity index (χ0n) is 9.61. The van der Waals surface area contributed by atoms with Crippen LogP contribution < -0.4 is 5.32 Å². The highest BCUT2D eigenvalue weighted by atomic mass is 32.2. The van der Waals surface area contributed by atoms with Gasteiger partial charge in [-0.05, 0) is 12.8 Å². The Bertz CT molecular complexity index is 267. The predicted octanol–water partition coefficient (Wildman–Crippen LogP) is 1.09. The maximum atomic E-state index is 11.9. The Morgan fingerprint density at radius 2 is 1.75 bits per heavy atom. The van der Waals surface area contributed by atoms with E-state index in [0.29, 0.717) is 30.6 Å². The van der Waals surface area contributed by atoms with Crippen molar-refractivity contribution in [3.05, 3.63) is 0 Å². The number of rotatable bonds is 1. The van der Waals surface area contributed by atoms with Crippen LogP contribution in [0.1, 0.15) is 32.1 Å². The van der Waals surface area contributed by atoms with Gasteiger partial charge in [0.25, 0.3) is 0 Å². The molecule has 0 unspecified atom stereocenters. The summed E-state index contributed by atoms with van der Waals surface area (Å²) in [5, 5.41) is 3.09. The molecule has 2 amide bonds. The van der Waals surface area contributed by atoms with E-state index in [2.05, 4.69) is 5.32 Å². The third kappa shape index (κ3) is 3.20. The van der Waals surface area contributed by atoms with Gasteiger partial charge in [0, 0.05) is 41.4 Å². The van der Waals surface area contributed by atoms with Crippen molar-refractivity contribution in [3.63, 3.8) is 0 Å². The highest BCUT2D eigenvalue weighted by Crippen LogP contribution is 2.17. The zero-order chi connectivity index (χ0) is 11.4. The van der Waals surface area contributed by atoms with Crippen LogP contribution in [0.3, 0.4) is 0 Å². The first-order valence-electron chi connectivity index (χ1n) is 6.16. The molecular formula is C11H20N2O2S. The minimum absolute atomic E-state index is 0.0450. The lowest BCUT2D eigenvalue weighted by atomic mass is 9.96. The molecule has 16 heavy (non-hydrogen) atoms. The summed E-state index contributed by atoms with van der Waals surface area (Å²) >= 11 is 0. The van der Waals surface area contributed by atoms with Gasteiger partial charge in [-0.25, -0.2) is 4.79 Å². The van der Waals surface area contributed by atoms with Crippen LogP contribution in [0.2, 0.25) is 0 Å². The van der Waals surface area contributed by atoms with E-state index < -0.39 is 10.8 Å². The van der Waals surface area contributed by atoms with Crippen molar-refractivity contribution in [3.8, 4) is 0 Å². The molecule has 1 aliphatic heterocycles. The molecule has 0 radical (unpaired) electrons. The topological polar surface area (TPSA) is 49.4 Å². The van der Waals surface area contributed by atoms with Crippen molar-refractivity contribution in [2.45, 2.75) is 38.1 Å². The van der Waals surface area contributed by atoms with Crippen LogP contribution in [0.15, 0.2) is 0 Å². The van der Waals surface area contributed by atoms with E-state index in [1.165, 1.54) is 19.3 Å². The SMILES string of the molecule is O=C(NC1CCCCC1)N1CCS(=O)CC1. The maximum absolute atomic E-state index is 11.9. The van der Waals surface area contributed by atoms with Crippen molar-refractivity contribution in [2.24, 2.45) is 0 Å². The van der Waals surface area contributed by atoms with Gasteiger partial charge in [0.2, 0.25) is 0 Å². The molecule has 4 nitrogen and oxygen atoms in total. The Morgan fingerprint density at radius 3 is 2.38 bits per heavy atom. The van der Waals surface area contributed by atoms with Gasteiger partial charge in [-0.15, -0.1) is 0 Å².